The van der Waals surface area contributed by atoms with Crippen LogP contribution >= 0.6 is 0 Å². The smallest absolute Gasteiger partial charge is 0.238 e. The minimum Gasteiger partial charge on any atom is -0.497 e. The molecule has 1 aliphatic heterocycles. The standard InChI is InChI=1S/C19H23N3O3/c1-24-15-8-6-14(7-9-15)17-11-18(22-21-17)19(23)20-12-13-4-3-5-16(10-13)25-2/h3-10,17-18,21-22H,11-12H2,1-2H3,(H,20,23). The molecule has 132 valence electrons. The minimum atomic E-state index is -0.266. The van der Waals surface area contributed by atoms with Crippen LogP contribution in [0.1, 0.15) is 23.6 Å². The van der Waals surface area contributed by atoms with Crippen LogP contribution < -0.4 is 25.6 Å². The average Bonchev–Trinajstić information content (AvgIpc) is 3.16. The lowest BCUT2D eigenvalue weighted by Crippen LogP contribution is -2.42. The maximum Gasteiger partial charge on any atom is 0.238 e. The molecule has 0 bridgehead atoms. The largest absolute Gasteiger partial charge is 0.497 e. The van der Waals surface area contributed by atoms with E-state index in [2.05, 4.69) is 16.2 Å². The van der Waals surface area contributed by atoms with E-state index < -0.39 is 0 Å². The Labute approximate surface area is 147 Å². The fraction of sp³-hybridized carbons (Fsp3) is 0.316. The summed E-state index contributed by atoms with van der Waals surface area (Å²) in [5.41, 5.74) is 8.39. The fourth-order valence-electron chi connectivity index (χ4n) is 2.88. The Morgan fingerprint density at radius 2 is 1.84 bits per heavy atom. The highest BCUT2D eigenvalue weighted by Gasteiger charge is 2.29. The molecule has 3 N–H and O–H groups in total. The van der Waals surface area contributed by atoms with Gasteiger partial charge in [-0.05, 0) is 41.8 Å². The molecule has 1 saturated heterocycles. The van der Waals surface area contributed by atoms with E-state index in [0.29, 0.717) is 13.0 Å². The molecule has 0 aromatic heterocycles. The molecule has 0 saturated carbocycles. The monoisotopic (exact) mass is 341 g/mol. The summed E-state index contributed by atoms with van der Waals surface area (Å²) in [6, 6.07) is 15.4. The van der Waals surface area contributed by atoms with Crippen molar-refractivity contribution in [1.29, 1.82) is 0 Å². The molecular formula is C19H23N3O3. The van der Waals surface area contributed by atoms with Crippen molar-refractivity contribution < 1.29 is 14.3 Å². The zero-order chi connectivity index (χ0) is 17.6. The number of hydrazine groups is 1. The first kappa shape index (κ1) is 17.3. The number of nitrogens with one attached hydrogen (secondary N) is 3. The van der Waals surface area contributed by atoms with Crippen molar-refractivity contribution in [2.24, 2.45) is 0 Å². The van der Waals surface area contributed by atoms with Gasteiger partial charge in [0, 0.05) is 12.6 Å². The molecule has 1 amide bonds. The van der Waals surface area contributed by atoms with Gasteiger partial charge >= 0.3 is 0 Å². The second-order valence-corrected chi connectivity index (χ2v) is 5.97. The van der Waals surface area contributed by atoms with Crippen LogP contribution in [-0.4, -0.2) is 26.2 Å². The molecule has 0 spiro atoms. The van der Waals surface area contributed by atoms with Crippen LogP contribution in [0.3, 0.4) is 0 Å². The number of methoxy groups -OCH3 is 2. The lowest BCUT2D eigenvalue weighted by Gasteiger charge is -2.11. The highest BCUT2D eigenvalue weighted by molar-refractivity contribution is 5.82. The Kier molecular flexibility index (Phi) is 5.53. The van der Waals surface area contributed by atoms with Gasteiger partial charge in [-0.25, -0.2) is 10.9 Å². The summed E-state index contributed by atoms with van der Waals surface area (Å²) in [5.74, 6) is 1.58. The number of hydrogen-bond acceptors (Lipinski definition) is 5. The highest BCUT2D eigenvalue weighted by Crippen LogP contribution is 2.24. The molecule has 6 heteroatoms. The predicted octanol–water partition coefficient (Wildman–Crippen LogP) is 1.93. The number of benzene rings is 2. The molecule has 6 nitrogen and oxygen atoms in total. The third kappa shape index (κ3) is 4.29. The lowest BCUT2D eigenvalue weighted by molar-refractivity contribution is -0.123. The third-order valence-electron chi connectivity index (χ3n) is 4.34. The first-order chi connectivity index (χ1) is 12.2. The summed E-state index contributed by atoms with van der Waals surface area (Å²) in [4.78, 5) is 12.4. The first-order valence-corrected chi connectivity index (χ1v) is 8.25. The molecule has 2 aromatic carbocycles. The molecule has 1 aliphatic rings. The molecule has 2 atom stereocenters. The Morgan fingerprint density at radius 3 is 2.56 bits per heavy atom. The molecule has 3 rings (SSSR count). The van der Waals surface area contributed by atoms with Crippen molar-refractivity contribution in [3.63, 3.8) is 0 Å². The molecule has 2 unspecified atom stereocenters. The summed E-state index contributed by atoms with van der Waals surface area (Å²) in [7, 11) is 3.28. The molecular weight excluding hydrogens is 318 g/mol. The second kappa shape index (κ2) is 8.00. The molecule has 1 heterocycles. The van der Waals surface area contributed by atoms with Gasteiger partial charge in [0.25, 0.3) is 0 Å². The number of rotatable bonds is 6. The van der Waals surface area contributed by atoms with E-state index in [4.69, 9.17) is 9.47 Å². The van der Waals surface area contributed by atoms with E-state index in [1.54, 1.807) is 14.2 Å². The summed E-state index contributed by atoms with van der Waals surface area (Å²) in [6.07, 6.45) is 0.691. The van der Waals surface area contributed by atoms with Gasteiger partial charge in [0.2, 0.25) is 5.91 Å². The quantitative estimate of drug-likeness (QED) is 0.749. The van der Waals surface area contributed by atoms with Crippen molar-refractivity contribution in [1.82, 2.24) is 16.2 Å². The Balaban J connectivity index is 1.53. The van der Waals surface area contributed by atoms with E-state index in [0.717, 1.165) is 22.6 Å². The van der Waals surface area contributed by atoms with Crippen LogP contribution in [0.4, 0.5) is 0 Å². The zero-order valence-electron chi connectivity index (χ0n) is 14.4. The van der Waals surface area contributed by atoms with Crippen LogP contribution in [0.5, 0.6) is 11.5 Å². The van der Waals surface area contributed by atoms with Crippen LogP contribution in [0.2, 0.25) is 0 Å². The summed E-state index contributed by atoms with van der Waals surface area (Å²) in [5, 5.41) is 2.97. The Bertz CT molecular complexity index is 718. The van der Waals surface area contributed by atoms with Crippen molar-refractivity contribution in [3.05, 3.63) is 59.7 Å². The predicted molar refractivity (Wildman–Crippen MR) is 95.3 cm³/mol. The molecule has 25 heavy (non-hydrogen) atoms. The van der Waals surface area contributed by atoms with E-state index in [1.165, 1.54) is 0 Å². The molecule has 0 radical (unpaired) electrons. The number of carbonyl (C=O) groups excluding carboxylic acids is 1. The maximum atomic E-state index is 12.4. The Hall–Kier alpha value is -2.57. The van der Waals surface area contributed by atoms with E-state index in [9.17, 15) is 4.79 Å². The van der Waals surface area contributed by atoms with Crippen molar-refractivity contribution in [2.45, 2.75) is 25.0 Å². The maximum absolute atomic E-state index is 12.4. The summed E-state index contributed by atoms with van der Waals surface area (Å²) >= 11 is 0. The minimum absolute atomic E-state index is 0.0219. The Morgan fingerprint density at radius 1 is 1.08 bits per heavy atom. The van der Waals surface area contributed by atoms with Gasteiger partial charge in [0.15, 0.2) is 0 Å². The molecule has 2 aromatic rings. The van der Waals surface area contributed by atoms with Crippen molar-refractivity contribution in [2.75, 3.05) is 14.2 Å². The van der Waals surface area contributed by atoms with Gasteiger partial charge in [-0.15, -0.1) is 0 Å². The van der Waals surface area contributed by atoms with Crippen molar-refractivity contribution >= 4 is 5.91 Å². The van der Waals surface area contributed by atoms with Gasteiger partial charge in [0.1, 0.15) is 17.5 Å². The van der Waals surface area contributed by atoms with Gasteiger partial charge in [-0.2, -0.15) is 0 Å². The highest BCUT2D eigenvalue weighted by atomic mass is 16.5. The molecule has 1 fully saturated rings. The van der Waals surface area contributed by atoms with Crippen LogP contribution in [0.25, 0.3) is 0 Å². The van der Waals surface area contributed by atoms with Crippen molar-refractivity contribution in [3.8, 4) is 11.5 Å². The summed E-state index contributed by atoms with van der Waals surface area (Å²) < 4.78 is 10.4. The second-order valence-electron chi connectivity index (χ2n) is 5.97. The van der Waals surface area contributed by atoms with Crippen LogP contribution in [0.15, 0.2) is 48.5 Å². The number of hydrogen-bond donors (Lipinski definition) is 3. The van der Waals surface area contributed by atoms with Gasteiger partial charge in [-0.3, -0.25) is 4.79 Å². The number of carbonyl (C=O) groups is 1. The average molecular weight is 341 g/mol. The van der Waals surface area contributed by atoms with Gasteiger partial charge < -0.3 is 14.8 Å². The number of amides is 1. The summed E-state index contributed by atoms with van der Waals surface area (Å²) in [6.45, 7) is 0.474. The zero-order valence-corrected chi connectivity index (χ0v) is 14.4. The van der Waals surface area contributed by atoms with E-state index in [1.807, 2.05) is 48.5 Å². The third-order valence-corrected chi connectivity index (χ3v) is 4.34. The lowest BCUT2D eigenvalue weighted by atomic mass is 10.0. The van der Waals surface area contributed by atoms with E-state index in [-0.39, 0.29) is 18.0 Å². The van der Waals surface area contributed by atoms with E-state index >= 15 is 0 Å². The fourth-order valence-corrected chi connectivity index (χ4v) is 2.88. The normalized spacial score (nSPS) is 19.4. The van der Waals surface area contributed by atoms with Gasteiger partial charge in [-0.1, -0.05) is 24.3 Å². The topological polar surface area (TPSA) is 71.6 Å². The first-order valence-electron chi connectivity index (χ1n) is 8.25. The SMILES string of the molecule is COc1ccc(C2CC(C(=O)NCc3cccc(OC)c3)NN2)cc1. The van der Waals surface area contributed by atoms with Crippen LogP contribution in [-0.2, 0) is 11.3 Å². The number of ether oxygens (including phenoxy) is 2. The van der Waals surface area contributed by atoms with Gasteiger partial charge in [0.05, 0.1) is 14.2 Å². The van der Waals surface area contributed by atoms with Crippen LogP contribution in [0, 0.1) is 0 Å². The molecule has 0 aliphatic carbocycles.